The number of ether oxygens (including phenoxy) is 2. The van der Waals surface area contributed by atoms with E-state index in [2.05, 4.69) is 36.4 Å². The molecule has 3 aromatic rings. The number of aromatic nitrogens is 3. The van der Waals surface area contributed by atoms with Crippen molar-refractivity contribution in [3.63, 3.8) is 0 Å². The van der Waals surface area contributed by atoms with Crippen LogP contribution in [0.4, 0.5) is 5.95 Å². The van der Waals surface area contributed by atoms with E-state index >= 15 is 0 Å². The summed E-state index contributed by atoms with van der Waals surface area (Å²) in [4.78, 5) is 16.7. The van der Waals surface area contributed by atoms with Gasteiger partial charge in [-0.25, -0.2) is 0 Å². The Morgan fingerprint density at radius 1 is 1.16 bits per heavy atom. The topological polar surface area (TPSA) is 89.1 Å². The first kappa shape index (κ1) is 15.6. The molecule has 8 heteroatoms. The summed E-state index contributed by atoms with van der Waals surface area (Å²) in [5, 5.41) is 9.48. The Labute approximate surface area is 151 Å². The normalized spacial score (nSPS) is 15.6. The summed E-state index contributed by atoms with van der Waals surface area (Å²) >= 11 is 3.46. The Balaban J connectivity index is 1.47. The number of hydrogen-bond acceptors (Lipinski definition) is 5. The van der Waals surface area contributed by atoms with Crippen molar-refractivity contribution >= 4 is 27.8 Å². The number of halogens is 1. The highest BCUT2D eigenvalue weighted by Gasteiger charge is 2.28. The molecule has 126 valence electrons. The SMILES string of the molecule is O=C(Nc1n[nH]c(-c2ccccc2Br)n1)[C@H]1COc2ccccc2O1. The molecule has 0 bridgehead atoms. The van der Waals surface area contributed by atoms with E-state index < -0.39 is 6.10 Å². The number of H-pyrrole nitrogens is 1. The lowest BCUT2D eigenvalue weighted by atomic mass is 10.2. The second kappa shape index (κ2) is 6.56. The summed E-state index contributed by atoms with van der Waals surface area (Å²) in [6.07, 6.45) is -0.764. The number of hydrogen-bond donors (Lipinski definition) is 2. The molecular formula is C17H13BrN4O3. The minimum Gasteiger partial charge on any atom is -0.485 e. The summed E-state index contributed by atoms with van der Waals surface area (Å²) in [5.41, 5.74) is 0.849. The van der Waals surface area contributed by atoms with E-state index in [0.717, 1.165) is 10.0 Å². The van der Waals surface area contributed by atoms with E-state index in [-0.39, 0.29) is 18.5 Å². The van der Waals surface area contributed by atoms with E-state index in [1.54, 1.807) is 12.1 Å². The minimum atomic E-state index is -0.764. The standard InChI is InChI=1S/C17H13BrN4O3/c18-11-6-2-1-5-10(11)15-19-17(22-21-15)20-16(23)14-9-24-12-7-3-4-8-13(12)25-14/h1-8,14H,9H2,(H2,19,20,21,22,23)/t14-/m1/s1. The van der Waals surface area contributed by atoms with Gasteiger partial charge in [0.15, 0.2) is 17.3 Å². The maximum atomic E-state index is 12.4. The van der Waals surface area contributed by atoms with Gasteiger partial charge in [-0.3, -0.25) is 15.2 Å². The highest BCUT2D eigenvalue weighted by Crippen LogP contribution is 2.31. The number of rotatable bonds is 3. The Kier molecular flexibility index (Phi) is 4.10. The lowest BCUT2D eigenvalue weighted by molar-refractivity contribution is -0.125. The second-order valence-corrected chi connectivity index (χ2v) is 6.20. The zero-order valence-electron chi connectivity index (χ0n) is 12.9. The van der Waals surface area contributed by atoms with Crippen LogP contribution < -0.4 is 14.8 Å². The molecule has 7 nitrogen and oxygen atoms in total. The van der Waals surface area contributed by atoms with Crippen molar-refractivity contribution in [2.75, 3.05) is 11.9 Å². The molecule has 0 aliphatic carbocycles. The Morgan fingerprint density at radius 2 is 1.92 bits per heavy atom. The summed E-state index contributed by atoms with van der Waals surface area (Å²) in [6, 6.07) is 14.8. The smallest absolute Gasteiger partial charge is 0.271 e. The predicted molar refractivity (Wildman–Crippen MR) is 94.5 cm³/mol. The van der Waals surface area contributed by atoms with Crippen molar-refractivity contribution in [2.24, 2.45) is 0 Å². The lowest BCUT2D eigenvalue weighted by Gasteiger charge is -2.25. The van der Waals surface area contributed by atoms with E-state index in [9.17, 15) is 4.79 Å². The number of carbonyl (C=O) groups excluding carboxylic acids is 1. The summed E-state index contributed by atoms with van der Waals surface area (Å²) in [5.74, 6) is 1.53. The lowest BCUT2D eigenvalue weighted by Crippen LogP contribution is -2.40. The second-order valence-electron chi connectivity index (χ2n) is 5.34. The molecule has 1 aromatic heterocycles. The third-order valence-electron chi connectivity index (χ3n) is 3.65. The van der Waals surface area contributed by atoms with Gasteiger partial charge >= 0.3 is 0 Å². The van der Waals surface area contributed by atoms with E-state index in [4.69, 9.17) is 9.47 Å². The molecule has 0 saturated carbocycles. The highest BCUT2D eigenvalue weighted by molar-refractivity contribution is 9.10. The third kappa shape index (κ3) is 3.20. The first-order valence-corrected chi connectivity index (χ1v) is 8.36. The number of amides is 1. The average molecular weight is 401 g/mol. The van der Waals surface area contributed by atoms with Crippen LogP contribution in [0.1, 0.15) is 0 Å². The maximum absolute atomic E-state index is 12.4. The highest BCUT2D eigenvalue weighted by atomic mass is 79.9. The summed E-state index contributed by atoms with van der Waals surface area (Å²) in [7, 11) is 0. The third-order valence-corrected chi connectivity index (χ3v) is 4.34. The fourth-order valence-electron chi connectivity index (χ4n) is 2.43. The number of anilines is 1. The monoisotopic (exact) mass is 400 g/mol. The van der Waals surface area contributed by atoms with Crippen LogP contribution >= 0.6 is 15.9 Å². The quantitative estimate of drug-likeness (QED) is 0.705. The van der Waals surface area contributed by atoms with E-state index in [1.807, 2.05) is 36.4 Å². The van der Waals surface area contributed by atoms with Crippen LogP contribution in [0.3, 0.4) is 0 Å². The van der Waals surface area contributed by atoms with E-state index in [0.29, 0.717) is 17.3 Å². The largest absolute Gasteiger partial charge is 0.485 e. The molecule has 0 radical (unpaired) electrons. The molecule has 1 amide bonds. The van der Waals surface area contributed by atoms with Crippen molar-refractivity contribution in [1.29, 1.82) is 0 Å². The summed E-state index contributed by atoms with van der Waals surface area (Å²) in [6.45, 7) is 0.129. The zero-order chi connectivity index (χ0) is 17.2. The van der Waals surface area contributed by atoms with E-state index in [1.165, 1.54) is 0 Å². The number of aromatic amines is 1. The zero-order valence-corrected chi connectivity index (χ0v) is 14.5. The van der Waals surface area contributed by atoms with Crippen LogP contribution in [0.15, 0.2) is 53.0 Å². The molecule has 25 heavy (non-hydrogen) atoms. The molecule has 2 aromatic carbocycles. The first-order chi connectivity index (χ1) is 12.2. The van der Waals surface area contributed by atoms with Gasteiger partial charge in [-0.2, -0.15) is 4.98 Å². The van der Waals surface area contributed by atoms with Gasteiger partial charge < -0.3 is 9.47 Å². The van der Waals surface area contributed by atoms with Crippen molar-refractivity contribution < 1.29 is 14.3 Å². The van der Waals surface area contributed by atoms with Gasteiger partial charge in [0.25, 0.3) is 5.91 Å². The van der Waals surface area contributed by atoms with Gasteiger partial charge in [0.05, 0.1) is 0 Å². The number of carbonyl (C=O) groups is 1. The predicted octanol–water partition coefficient (Wildman–Crippen LogP) is 3.01. The van der Waals surface area contributed by atoms with Gasteiger partial charge in [0.2, 0.25) is 12.1 Å². The molecule has 0 fully saturated rings. The van der Waals surface area contributed by atoms with Gasteiger partial charge in [-0.15, -0.1) is 5.10 Å². The first-order valence-electron chi connectivity index (χ1n) is 7.57. The van der Waals surface area contributed by atoms with Gasteiger partial charge in [0, 0.05) is 10.0 Å². The van der Waals surface area contributed by atoms with Crippen LogP contribution in [0.2, 0.25) is 0 Å². The van der Waals surface area contributed by atoms with Gasteiger partial charge in [0.1, 0.15) is 6.61 Å². The Morgan fingerprint density at radius 3 is 2.76 bits per heavy atom. The molecule has 4 rings (SSSR count). The molecule has 1 aliphatic rings. The van der Waals surface area contributed by atoms with Gasteiger partial charge in [-0.1, -0.05) is 46.3 Å². The number of fused-ring (bicyclic) bond motifs is 1. The minimum absolute atomic E-state index is 0.129. The number of nitrogens with zero attached hydrogens (tertiary/aromatic N) is 2. The molecule has 2 N–H and O–H groups in total. The molecule has 0 spiro atoms. The Bertz CT molecular complexity index is 928. The van der Waals surface area contributed by atoms with Crippen LogP contribution in [0, 0.1) is 0 Å². The molecule has 1 aliphatic heterocycles. The summed E-state index contributed by atoms with van der Waals surface area (Å²) < 4.78 is 12.1. The average Bonchev–Trinajstić information content (AvgIpc) is 3.10. The maximum Gasteiger partial charge on any atom is 0.271 e. The molecule has 1 atom stereocenters. The van der Waals surface area contributed by atoms with Crippen LogP contribution in [-0.2, 0) is 4.79 Å². The van der Waals surface area contributed by atoms with Gasteiger partial charge in [-0.05, 0) is 18.2 Å². The molecular weight excluding hydrogens is 388 g/mol. The van der Waals surface area contributed by atoms with Crippen molar-refractivity contribution in [3.8, 4) is 22.9 Å². The number of para-hydroxylation sites is 2. The van der Waals surface area contributed by atoms with Crippen LogP contribution in [0.5, 0.6) is 11.5 Å². The molecule has 0 unspecified atom stereocenters. The van der Waals surface area contributed by atoms with Crippen molar-refractivity contribution in [1.82, 2.24) is 15.2 Å². The Hall–Kier alpha value is -2.87. The fourth-order valence-corrected chi connectivity index (χ4v) is 2.90. The van der Waals surface area contributed by atoms with Crippen LogP contribution in [-0.4, -0.2) is 33.8 Å². The molecule has 2 heterocycles. The number of nitrogens with one attached hydrogen (secondary N) is 2. The molecule has 0 saturated heterocycles. The van der Waals surface area contributed by atoms with Crippen molar-refractivity contribution in [3.05, 3.63) is 53.0 Å². The van der Waals surface area contributed by atoms with Crippen molar-refractivity contribution in [2.45, 2.75) is 6.10 Å². The van der Waals surface area contributed by atoms with Crippen LogP contribution in [0.25, 0.3) is 11.4 Å². The number of benzene rings is 2. The fraction of sp³-hybridized carbons (Fsp3) is 0.118.